The van der Waals surface area contributed by atoms with Crippen molar-refractivity contribution in [2.24, 2.45) is 0 Å². The Morgan fingerprint density at radius 3 is 2.30 bits per heavy atom. The zero-order valence-electron chi connectivity index (χ0n) is 13.3. The average Bonchev–Trinajstić information content (AvgIpc) is 3.08. The van der Waals surface area contributed by atoms with Gasteiger partial charge in [0.1, 0.15) is 5.75 Å². The highest BCUT2D eigenvalue weighted by Gasteiger charge is 2.42. The van der Waals surface area contributed by atoms with E-state index in [9.17, 15) is 9.90 Å². The van der Waals surface area contributed by atoms with E-state index in [1.807, 2.05) is 30.3 Å². The van der Waals surface area contributed by atoms with Gasteiger partial charge >= 0.3 is 0 Å². The van der Waals surface area contributed by atoms with E-state index in [0.29, 0.717) is 6.54 Å². The lowest BCUT2D eigenvalue weighted by Crippen LogP contribution is -2.43. The van der Waals surface area contributed by atoms with Gasteiger partial charge in [-0.3, -0.25) is 4.79 Å². The lowest BCUT2D eigenvalue weighted by molar-refractivity contribution is -0.126. The van der Waals surface area contributed by atoms with E-state index in [1.54, 1.807) is 12.1 Å². The molecule has 0 aromatic heterocycles. The van der Waals surface area contributed by atoms with E-state index in [-0.39, 0.29) is 17.1 Å². The summed E-state index contributed by atoms with van der Waals surface area (Å²) in [6, 6.07) is 17.3. The third-order valence-corrected chi connectivity index (χ3v) is 4.85. The number of amides is 1. The number of hydrogen-bond donors (Lipinski definition) is 2. The van der Waals surface area contributed by atoms with Crippen LogP contribution in [0, 0.1) is 0 Å². The molecule has 3 rings (SSSR count). The largest absolute Gasteiger partial charge is 0.508 e. The molecule has 1 amide bonds. The minimum atomic E-state index is -0.351. The first kappa shape index (κ1) is 15.6. The molecule has 3 heteroatoms. The number of rotatable bonds is 5. The van der Waals surface area contributed by atoms with Crippen LogP contribution in [0.2, 0.25) is 0 Å². The molecule has 2 N–H and O–H groups in total. The third-order valence-electron chi connectivity index (χ3n) is 4.85. The molecule has 3 nitrogen and oxygen atoms in total. The number of aromatic hydroxyl groups is 1. The number of phenols is 1. The maximum atomic E-state index is 12.9. The zero-order chi connectivity index (χ0) is 16.1. The van der Waals surface area contributed by atoms with Crippen LogP contribution in [0.3, 0.4) is 0 Å². The standard InChI is InChI=1S/C20H23NO2/c22-18-10-8-16(9-11-18)12-15-21-19(23)20(13-4-5-14-20)17-6-2-1-3-7-17/h1-3,6-11,22H,4-5,12-15H2,(H,21,23). The Kier molecular flexibility index (Phi) is 4.65. The molecule has 0 saturated heterocycles. The van der Waals surface area contributed by atoms with Crippen LogP contribution in [0.15, 0.2) is 54.6 Å². The van der Waals surface area contributed by atoms with E-state index in [4.69, 9.17) is 0 Å². The van der Waals surface area contributed by atoms with Gasteiger partial charge in [0.05, 0.1) is 5.41 Å². The highest BCUT2D eigenvalue weighted by molar-refractivity contribution is 5.88. The predicted octanol–water partition coefficient (Wildman–Crippen LogP) is 3.56. The maximum absolute atomic E-state index is 12.9. The molecule has 1 fully saturated rings. The Morgan fingerprint density at radius 1 is 1.00 bits per heavy atom. The van der Waals surface area contributed by atoms with E-state index >= 15 is 0 Å². The van der Waals surface area contributed by atoms with Crippen LogP contribution in [0.5, 0.6) is 5.75 Å². The quantitative estimate of drug-likeness (QED) is 0.887. The van der Waals surface area contributed by atoms with E-state index in [1.165, 1.54) is 0 Å². The normalized spacial score (nSPS) is 16.2. The van der Waals surface area contributed by atoms with Crippen molar-refractivity contribution in [3.63, 3.8) is 0 Å². The van der Waals surface area contributed by atoms with Gasteiger partial charge < -0.3 is 10.4 Å². The van der Waals surface area contributed by atoms with Crippen molar-refractivity contribution in [1.29, 1.82) is 0 Å². The molecule has 0 radical (unpaired) electrons. The topological polar surface area (TPSA) is 49.3 Å². The lowest BCUT2D eigenvalue weighted by Gasteiger charge is -2.28. The molecular weight excluding hydrogens is 286 g/mol. The number of carbonyl (C=O) groups is 1. The summed E-state index contributed by atoms with van der Waals surface area (Å²) in [6.07, 6.45) is 4.86. The number of hydrogen-bond acceptors (Lipinski definition) is 2. The summed E-state index contributed by atoms with van der Waals surface area (Å²) in [4.78, 5) is 12.9. The average molecular weight is 309 g/mol. The van der Waals surface area contributed by atoms with Gasteiger partial charge in [0.2, 0.25) is 5.91 Å². The fourth-order valence-corrected chi connectivity index (χ4v) is 3.53. The van der Waals surface area contributed by atoms with Crippen LogP contribution in [-0.2, 0) is 16.6 Å². The molecular formula is C20H23NO2. The fraction of sp³-hybridized carbons (Fsp3) is 0.350. The van der Waals surface area contributed by atoms with E-state index in [2.05, 4.69) is 17.4 Å². The summed E-state index contributed by atoms with van der Waals surface area (Å²) < 4.78 is 0. The van der Waals surface area contributed by atoms with Crippen LogP contribution in [0.1, 0.15) is 36.8 Å². The van der Waals surface area contributed by atoms with Gasteiger partial charge in [-0.2, -0.15) is 0 Å². The lowest BCUT2D eigenvalue weighted by atomic mass is 9.78. The molecule has 120 valence electrons. The number of nitrogens with one attached hydrogen (secondary N) is 1. The molecule has 0 bridgehead atoms. The van der Waals surface area contributed by atoms with Crippen LogP contribution in [0.25, 0.3) is 0 Å². The highest BCUT2D eigenvalue weighted by atomic mass is 16.3. The number of phenolic OH excluding ortho intramolecular Hbond substituents is 1. The highest BCUT2D eigenvalue weighted by Crippen LogP contribution is 2.41. The summed E-state index contributed by atoms with van der Waals surface area (Å²) in [5.41, 5.74) is 1.90. The Bertz CT molecular complexity index is 643. The molecule has 1 saturated carbocycles. The molecule has 0 aliphatic heterocycles. The second-order valence-corrected chi connectivity index (χ2v) is 6.33. The molecule has 1 aliphatic rings. The van der Waals surface area contributed by atoms with Gasteiger partial charge in [-0.1, -0.05) is 55.3 Å². The molecule has 1 aliphatic carbocycles. The first-order valence-corrected chi connectivity index (χ1v) is 8.32. The molecule has 0 atom stereocenters. The summed E-state index contributed by atoms with van der Waals surface area (Å²) in [5, 5.41) is 12.4. The summed E-state index contributed by atoms with van der Waals surface area (Å²) in [7, 11) is 0. The second-order valence-electron chi connectivity index (χ2n) is 6.33. The van der Waals surface area contributed by atoms with Crippen LogP contribution in [0.4, 0.5) is 0 Å². The monoisotopic (exact) mass is 309 g/mol. The van der Waals surface area contributed by atoms with Gasteiger partial charge in [-0.05, 0) is 42.5 Å². The van der Waals surface area contributed by atoms with Gasteiger partial charge in [-0.25, -0.2) is 0 Å². The molecule has 2 aromatic rings. The Morgan fingerprint density at radius 2 is 1.65 bits per heavy atom. The minimum Gasteiger partial charge on any atom is -0.508 e. The van der Waals surface area contributed by atoms with Crippen molar-refractivity contribution < 1.29 is 9.90 Å². The van der Waals surface area contributed by atoms with Crippen molar-refractivity contribution in [3.8, 4) is 5.75 Å². The molecule has 0 spiro atoms. The van der Waals surface area contributed by atoms with Crippen molar-refractivity contribution in [1.82, 2.24) is 5.32 Å². The zero-order valence-corrected chi connectivity index (χ0v) is 13.3. The van der Waals surface area contributed by atoms with E-state index < -0.39 is 0 Å². The second kappa shape index (κ2) is 6.86. The van der Waals surface area contributed by atoms with Gasteiger partial charge in [0, 0.05) is 6.54 Å². The first-order chi connectivity index (χ1) is 11.2. The minimum absolute atomic E-state index is 0.153. The Hall–Kier alpha value is -2.29. The molecule has 2 aromatic carbocycles. The molecule has 0 unspecified atom stereocenters. The Labute approximate surface area is 137 Å². The summed E-state index contributed by atoms with van der Waals surface area (Å²) >= 11 is 0. The van der Waals surface area contributed by atoms with Crippen molar-refractivity contribution in [3.05, 3.63) is 65.7 Å². The smallest absolute Gasteiger partial charge is 0.230 e. The SMILES string of the molecule is O=C(NCCc1ccc(O)cc1)C1(c2ccccc2)CCCC1. The predicted molar refractivity (Wildman–Crippen MR) is 91.4 cm³/mol. The van der Waals surface area contributed by atoms with Crippen LogP contribution < -0.4 is 5.32 Å². The van der Waals surface area contributed by atoms with Gasteiger partial charge in [0.25, 0.3) is 0 Å². The maximum Gasteiger partial charge on any atom is 0.230 e. The summed E-state index contributed by atoms with van der Waals surface area (Å²) in [5.74, 6) is 0.423. The van der Waals surface area contributed by atoms with Crippen molar-refractivity contribution >= 4 is 5.91 Å². The van der Waals surface area contributed by atoms with Crippen molar-refractivity contribution in [2.75, 3.05) is 6.54 Å². The van der Waals surface area contributed by atoms with Crippen molar-refractivity contribution in [2.45, 2.75) is 37.5 Å². The number of carbonyl (C=O) groups excluding carboxylic acids is 1. The van der Waals surface area contributed by atoms with Gasteiger partial charge in [-0.15, -0.1) is 0 Å². The first-order valence-electron chi connectivity index (χ1n) is 8.32. The summed E-state index contributed by atoms with van der Waals surface area (Å²) in [6.45, 7) is 0.623. The third kappa shape index (κ3) is 3.39. The Balaban J connectivity index is 1.64. The molecule has 0 heterocycles. The van der Waals surface area contributed by atoms with Crippen LogP contribution >= 0.6 is 0 Å². The molecule has 23 heavy (non-hydrogen) atoms. The van der Waals surface area contributed by atoms with E-state index in [0.717, 1.165) is 43.2 Å². The van der Waals surface area contributed by atoms with Crippen LogP contribution in [-0.4, -0.2) is 17.6 Å². The van der Waals surface area contributed by atoms with Gasteiger partial charge in [0.15, 0.2) is 0 Å². The fourth-order valence-electron chi connectivity index (χ4n) is 3.53. The number of benzene rings is 2.